The molecule has 1 aromatic carbocycles. The lowest BCUT2D eigenvalue weighted by molar-refractivity contribution is 0.0965. The quantitative estimate of drug-likeness (QED) is 0.464. The normalized spacial score (nSPS) is 16.6. The molecule has 0 bridgehead atoms. The molecule has 1 aromatic heterocycles. The van der Waals surface area contributed by atoms with Crippen LogP contribution in [0.15, 0.2) is 30.5 Å². The van der Waals surface area contributed by atoms with Crippen molar-refractivity contribution in [2.45, 2.75) is 57.4 Å². The topological polar surface area (TPSA) is 83.2 Å². The maximum absolute atomic E-state index is 12.8. The SMILES string of the molecule is O=C(Nc1cccc(OCCCNC2CCC2)c1)c1c[nH]c2c1C(=O)CCCC2. The molecule has 2 aromatic rings. The smallest absolute Gasteiger partial charge is 0.257 e. The van der Waals surface area contributed by atoms with Gasteiger partial charge >= 0.3 is 0 Å². The minimum absolute atomic E-state index is 0.0523. The first-order valence-electron chi connectivity index (χ1n) is 10.7. The molecular weight excluding hydrogens is 366 g/mol. The van der Waals surface area contributed by atoms with E-state index in [-0.39, 0.29) is 11.7 Å². The van der Waals surface area contributed by atoms with Gasteiger partial charge in [0.05, 0.1) is 17.7 Å². The molecule has 154 valence electrons. The summed E-state index contributed by atoms with van der Waals surface area (Å²) in [6.45, 7) is 1.60. The van der Waals surface area contributed by atoms with Crippen LogP contribution in [0.2, 0.25) is 0 Å². The molecule has 6 heteroatoms. The summed E-state index contributed by atoms with van der Waals surface area (Å²) in [7, 11) is 0. The number of aromatic nitrogens is 1. The molecule has 3 N–H and O–H groups in total. The molecule has 2 aliphatic carbocycles. The Morgan fingerprint density at radius 1 is 1.17 bits per heavy atom. The van der Waals surface area contributed by atoms with Gasteiger partial charge in [0.2, 0.25) is 0 Å². The van der Waals surface area contributed by atoms with E-state index in [0.29, 0.717) is 35.9 Å². The van der Waals surface area contributed by atoms with Crippen molar-refractivity contribution < 1.29 is 14.3 Å². The Labute approximate surface area is 171 Å². The number of amides is 1. The van der Waals surface area contributed by atoms with Crippen molar-refractivity contribution in [2.75, 3.05) is 18.5 Å². The maximum Gasteiger partial charge on any atom is 0.257 e. The number of rotatable bonds is 8. The highest BCUT2D eigenvalue weighted by Gasteiger charge is 2.24. The third kappa shape index (κ3) is 4.88. The Kier molecular flexibility index (Phi) is 6.30. The van der Waals surface area contributed by atoms with Crippen molar-refractivity contribution in [3.63, 3.8) is 0 Å². The number of aromatic amines is 1. The number of anilines is 1. The zero-order valence-corrected chi connectivity index (χ0v) is 16.8. The summed E-state index contributed by atoms with van der Waals surface area (Å²) < 4.78 is 5.82. The van der Waals surface area contributed by atoms with Crippen molar-refractivity contribution in [2.24, 2.45) is 0 Å². The number of carbonyl (C=O) groups is 2. The Morgan fingerprint density at radius 3 is 2.86 bits per heavy atom. The number of hydrogen-bond acceptors (Lipinski definition) is 4. The summed E-state index contributed by atoms with van der Waals surface area (Å²) in [6, 6.07) is 8.10. The Hall–Kier alpha value is -2.60. The van der Waals surface area contributed by atoms with Crippen LogP contribution in [0.3, 0.4) is 0 Å². The van der Waals surface area contributed by atoms with E-state index < -0.39 is 0 Å². The van der Waals surface area contributed by atoms with Crippen LogP contribution in [-0.2, 0) is 6.42 Å². The summed E-state index contributed by atoms with van der Waals surface area (Å²) in [6.07, 6.45) is 9.68. The average Bonchev–Trinajstić information content (AvgIpc) is 3.02. The monoisotopic (exact) mass is 395 g/mol. The van der Waals surface area contributed by atoms with Crippen LogP contribution in [0.25, 0.3) is 0 Å². The summed E-state index contributed by atoms with van der Waals surface area (Å²) in [5, 5.41) is 6.43. The summed E-state index contributed by atoms with van der Waals surface area (Å²) >= 11 is 0. The van der Waals surface area contributed by atoms with E-state index in [2.05, 4.69) is 15.6 Å². The standard InChI is InChI=1S/C23H29N3O3/c27-21-11-2-1-10-20-22(21)19(15-25-20)23(28)26-17-8-4-9-18(14-17)29-13-5-12-24-16-6-3-7-16/h4,8-9,14-16,24-25H,1-3,5-7,10-13H2,(H,26,28). The second-order valence-electron chi connectivity index (χ2n) is 7.95. The van der Waals surface area contributed by atoms with Gasteiger partial charge in [-0.2, -0.15) is 0 Å². The molecular formula is C23H29N3O3. The van der Waals surface area contributed by atoms with Gasteiger partial charge in [0.1, 0.15) is 5.75 Å². The molecule has 0 spiro atoms. The third-order valence-electron chi connectivity index (χ3n) is 5.79. The molecule has 1 saturated carbocycles. The van der Waals surface area contributed by atoms with E-state index in [0.717, 1.165) is 43.7 Å². The van der Waals surface area contributed by atoms with Crippen molar-refractivity contribution >= 4 is 17.4 Å². The van der Waals surface area contributed by atoms with Crippen LogP contribution in [0.5, 0.6) is 5.75 Å². The van der Waals surface area contributed by atoms with Gasteiger partial charge in [-0.1, -0.05) is 12.5 Å². The zero-order chi connectivity index (χ0) is 20.1. The van der Waals surface area contributed by atoms with Gasteiger partial charge in [0.15, 0.2) is 5.78 Å². The van der Waals surface area contributed by atoms with Gasteiger partial charge in [0, 0.05) is 36.1 Å². The molecule has 0 radical (unpaired) electrons. The van der Waals surface area contributed by atoms with Gasteiger partial charge in [-0.3, -0.25) is 9.59 Å². The van der Waals surface area contributed by atoms with Crippen LogP contribution < -0.4 is 15.4 Å². The fourth-order valence-corrected chi connectivity index (χ4v) is 3.92. The van der Waals surface area contributed by atoms with E-state index in [9.17, 15) is 9.59 Å². The molecule has 2 aliphatic rings. The highest BCUT2D eigenvalue weighted by molar-refractivity contribution is 6.13. The Bertz CT molecular complexity index is 870. The van der Waals surface area contributed by atoms with Crippen molar-refractivity contribution in [3.05, 3.63) is 47.3 Å². The van der Waals surface area contributed by atoms with Crippen LogP contribution in [0, 0.1) is 0 Å². The molecule has 4 rings (SSSR count). The van der Waals surface area contributed by atoms with Crippen LogP contribution in [-0.4, -0.2) is 35.9 Å². The zero-order valence-electron chi connectivity index (χ0n) is 16.8. The number of H-pyrrole nitrogens is 1. The lowest BCUT2D eigenvalue weighted by Crippen LogP contribution is -2.36. The molecule has 1 amide bonds. The molecule has 0 atom stereocenters. The van der Waals surface area contributed by atoms with Gasteiger partial charge in [0.25, 0.3) is 5.91 Å². The van der Waals surface area contributed by atoms with Crippen LogP contribution in [0.4, 0.5) is 5.69 Å². The number of fused-ring (bicyclic) bond motifs is 1. The van der Waals surface area contributed by atoms with Gasteiger partial charge in [-0.05, 0) is 57.2 Å². The molecule has 0 saturated heterocycles. The maximum atomic E-state index is 12.8. The summed E-state index contributed by atoms with van der Waals surface area (Å²) in [4.78, 5) is 28.3. The predicted octanol–water partition coefficient (Wildman–Crippen LogP) is 4.09. The van der Waals surface area contributed by atoms with Gasteiger partial charge in [-0.25, -0.2) is 0 Å². The van der Waals surface area contributed by atoms with E-state index in [1.165, 1.54) is 19.3 Å². The number of Topliss-reactive ketones (excluding diaryl/α,β-unsaturated/α-hetero) is 1. The second kappa shape index (κ2) is 9.27. The van der Waals surface area contributed by atoms with Crippen molar-refractivity contribution in [1.29, 1.82) is 0 Å². The Balaban J connectivity index is 1.32. The molecule has 29 heavy (non-hydrogen) atoms. The Morgan fingerprint density at radius 2 is 2.03 bits per heavy atom. The lowest BCUT2D eigenvalue weighted by atomic mass is 9.93. The first kappa shape index (κ1) is 19.7. The number of hydrogen-bond donors (Lipinski definition) is 3. The second-order valence-corrected chi connectivity index (χ2v) is 7.95. The molecule has 0 aliphatic heterocycles. The lowest BCUT2D eigenvalue weighted by Gasteiger charge is -2.26. The van der Waals surface area contributed by atoms with E-state index in [1.807, 2.05) is 24.3 Å². The first-order chi connectivity index (χ1) is 14.2. The number of ether oxygens (including phenoxy) is 1. The average molecular weight is 396 g/mol. The highest BCUT2D eigenvalue weighted by atomic mass is 16.5. The number of nitrogens with one attached hydrogen (secondary N) is 3. The molecule has 1 heterocycles. The number of ketones is 1. The largest absolute Gasteiger partial charge is 0.493 e. The minimum atomic E-state index is -0.264. The minimum Gasteiger partial charge on any atom is -0.493 e. The fourth-order valence-electron chi connectivity index (χ4n) is 3.92. The number of benzene rings is 1. The van der Waals surface area contributed by atoms with Crippen LogP contribution >= 0.6 is 0 Å². The van der Waals surface area contributed by atoms with Crippen molar-refractivity contribution in [1.82, 2.24) is 10.3 Å². The highest BCUT2D eigenvalue weighted by Crippen LogP contribution is 2.25. The predicted molar refractivity (Wildman–Crippen MR) is 113 cm³/mol. The fraction of sp³-hybridized carbons (Fsp3) is 0.478. The third-order valence-corrected chi connectivity index (χ3v) is 5.79. The molecule has 1 fully saturated rings. The van der Waals surface area contributed by atoms with E-state index >= 15 is 0 Å². The van der Waals surface area contributed by atoms with Crippen LogP contribution in [0.1, 0.15) is 71.4 Å². The van der Waals surface area contributed by atoms with Gasteiger partial charge in [-0.15, -0.1) is 0 Å². The van der Waals surface area contributed by atoms with E-state index in [1.54, 1.807) is 6.20 Å². The number of aryl methyl sites for hydroxylation is 1. The summed E-state index contributed by atoms with van der Waals surface area (Å²) in [5.41, 5.74) is 2.54. The summed E-state index contributed by atoms with van der Waals surface area (Å²) in [5.74, 6) is 0.520. The first-order valence-corrected chi connectivity index (χ1v) is 10.7. The number of carbonyl (C=O) groups excluding carboxylic acids is 2. The van der Waals surface area contributed by atoms with Crippen molar-refractivity contribution in [3.8, 4) is 5.75 Å². The molecule has 6 nitrogen and oxygen atoms in total. The van der Waals surface area contributed by atoms with E-state index in [4.69, 9.17) is 4.74 Å². The van der Waals surface area contributed by atoms with Gasteiger partial charge < -0.3 is 20.4 Å². The molecule has 0 unspecified atom stereocenters.